The summed E-state index contributed by atoms with van der Waals surface area (Å²) in [6.45, 7) is 1.13. The molecule has 5 nitrogen and oxygen atoms in total. The summed E-state index contributed by atoms with van der Waals surface area (Å²) in [7, 11) is 0. The van der Waals surface area contributed by atoms with E-state index in [4.69, 9.17) is 5.53 Å². The number of ether oxygens (including phenoxy) is 1. The third-order valence-electron chi connectivity index (χ3n) is 2.51. The molecule has 0 bridgehead atoms. The molecule has 1 rings (SSSR count). The lowest BCUT2D eigenvalue weighted by Crippen LogP contribution is -2.53. The first-order valence-corrected chi connectivity index (χ1v) is 5.53. The monoisotopic (exact) mass is 288 g/mol. The molecule has 0 radical (unpaired) electrons. The normalized spacial score (nSPS) is 14.1. The van der Waals surface area contributed by atoms with Crippen LogP contribution in [-0.2, 0) is 15.1 Å². The SMILES string of the molecule is CCOC(=O)C(=[N+]=[N-])C(O)(c1ccccc1)C(F)(F)F. The Balaban J connectivity index is 3.48. The van der Waals surface area contributed by atoms with Gasteiger partial charge in [-0.3, -0.25) is 0 Å². The lowest BCUT2D eigenvalue weighted by molar-refractivity contribution is -0.247. The van der Waals surface area contributed by atoms with E-state index >= 15 is 0 Å². The number of hydrogen-bond donors (Lipinski definition) is 1. The highest BCUT2D eigenvalue weighted by molar-refractivity contribution is 6.37. The summed E-state index contributed by atoms with van der Waals surface area (Å²) in [5, 5.41) is 9.96. The van der Waals surface area contributed by atoms with Crippen LogP contribution in [0, 0.1) is 0 Å². The maximum atomic E-state index is 13.2. The summed E-state index contributed by atoms with van der Waals surface area (Å²) in [5.41, 5.74) is 2.75. The van der Waals surface area contributed by atoms with Crippen molar-refractivity contribution in [3.05, 3.63) is 41.4 Å². The van der Waals surface area contributed by atoms with Crippen LogP contribution >= 0.6 is 0 Å². The van der Waals surface area contributed by atoms with Crippen LogP contribution in [0.3, 0.4) is 0 Å². The second kappa shape index (κ2) is 5.85. The van der Waals surface area contributed by atoms with E-state index in [0.29, 0.717) is 0 Å². The number of alkyl halides is 3. The highest BCUT2D eigenvalue weighted by Crippen LogP contribution is 2.39. The zero-order chi connectivity index (χ0) is 15.4. The van der Waals surface area contributed by atoms with Gasteiger partial charge in [-0.25, -0.2) is 4.79 Å². The highest BCUT2D eigenvalue weighted by atomic mass is 19.4. The van der Waals surface area contributed by atoms with Crippen molar-refractivity contribution >= 4 is 11.7 Å². The van der Waals surface area contributed by atoms with E-state index in [9.17, 15) is 23.1 Å². The van der Waals surface area contributed by atoms with Crippen molar-refractivity contribution in [2.75, 3.05) is 6.61 Å². The molecule has 0 aliphatic carbocycles. The van der Waals surface area contributed by atoms with E-state index < -0.39 is 29.0 Å². The molecule has 8 heteroatoms. The van der Waals surface area contributed by atoms with Gasteiger partial charge in [0.2, 0.25) is 0 Å². The van der Waals surface area contributed by atoms with E-state index in [2.05, 4.69) is 9.53 Å². The number of rotatable bonds is 4. The van der Waals surface area contributed by atoms with E-state index in [1.165, 1.54) is 25.1 Å². The van der Waals surface area contributed by atoms with Crippen molar-refractivity contribution in [3.8, 4) is 0 Å². The Kier molecular flexibility index (Phi) is 4.65. The third kappa shape index (κ3) is 2.71. The van der Waals surface area contributed by atoms with Crippen LogP contribution in [0.4, 0.5) is 13.2 Å². The van der Waals surface area contributed by atoms with Crippen molar-refractivity contribution in [2.45, 2.75) is 18.7 Å². The van der Waals surface area contributed by atoms with Crippen LogP contribution in [0.2, 0.25) is 0 Å². The van der Waals surface area contributed by atoms with E-state index in [1.807, 2.05) is 0 Å². The Bertz CT molecular complexity index is 539. The van der Waals surface area contributed by atoms with E-state index in [-0.39, 0.29) is 6.61 Å². The molecule has 1 unspecified atom stereocenters. The van der Waals surface area contributed by atoms with Gasteiger partial charge < -0.3 is 15.4 Å². The standard InChI is InChI=1S/C12H11F3N2O3/c1-2-20-10(18)9(17-16)11(19,12(13,14)15)8-6-4-3-5-7-8/h3-7,19H,2H2,1H3. The van der Waals surface area contributed by atoms with Gasteiger partial charge in [0.15, 0.2) is 0 Å². The predicted octanol–water partition coefficient (Wildman–Crippen LogP) is 1.67. The highest BCUT2D eigenvalue weighted by Gasteiger charge is 2.66. The van der Waals surface area contributed by atoms with Crippen LogP contribution in [0.25, 0.3) is 5.53 Å². The Hall–Kier alpha value is -2.18. The smallest absolute Gasteiger partial charge is 0.433 e. The van der Waals surface area contributed by atoms with Crippen LogP contribution in [0.15, 0.2) is 30.3 Å². The Morgan fingerprint density at radius 3 is 2.30 bits per heavy atom. The molecule has 0 aliphatic heterocycles. The van der Waals surface area contributed by atoms with Gasteiger partial charge in [-0.2, -0.15) is 18.0 Å². The zero-order valence-corrected chi connectivity index (χ0v) is 10.4. The minimum absolute atomic E-state index is 0.236. The predicted molar refractivity (Wildman–Crippen MR) is 61.7 cm³/mol. The first kappa shape index (κ1) is 15.9. The second-order valence-corrected chi connectivity index (χ2v) is 3.74. The van der Waals surface area contributed by atoms with Crippen molar-refractivity contribution in [2.24, 2.45) is 0 Å². The number of aliphatic hydroxyl groups is 1. The van der Waals surface area contributed by atoms with Gasteiger partial charge in [0, 0.05) is 5.56 Å². The average Bonchev–Trinajstić information content (AvgIpc) is 2.39. The molecule has 0 amide bonds. The van der Waals surface area contributed by atoms with Crippen molar-refractivity contribution in [1.82, 2.24) is 0 Å². The first-order valence-electron chi connectivity index (χ1n) is 5.53. The van der Waals surface area contributed by atoms with Gasteiger partial charge in [-0.15, -0.1) is 0 Å². The minimum atomic E-state index is -5.28. The maximum absolute atomic E-state index is 13.2. The molecule has 1 N–H and O–H groups in total. The molecule has 1 aromatic rings. The molecule has 0 aliphatic rings. The molecule has 20 heavy (non-hydrogen) atoms. The Morgan fingerprint density at radius 1 is 1.35 bits per heavy atom. The zero-order valence-electron chi connectivity index (χ0n) is 10.4. The molecule has 108 valence electrons. The van der Waals surface area contributed by atoms with Gasteiger partial charge in [0.1, 0.15) is 0 Å². The Labute approximate surface area is 112 Å². The fourth-order valence-electron chi connectivity index (χ4n) is 1.57. The van der Waals surface area contributed by atoms with Crippen LogP contribution in [-0.4, -0.2) is 34.4 Å². The topological polar surface area (TPSA) is 82.9 Å². The average molecular weight is 288 g/mol. The number of nitrogens with zero attached hydrogens (tertiary/aromatic N) is 2. The molecule has 0 saturated heterocycles. The molecule has 0 aromatic heterocycles. The second-order valence-electron chi connectivity index (χ2n) is 3.74. The van der Waals surface area contributed by atoms with Crippen LogP contribution < -0.4 is 0 Å². The lowest BCUT2D eigenvalue weighted by atomic mass is 9.88. The first-order chi connectivity index (χ1) is 9.29. The molecule has 0 heterocycles. The van der Waals surface area contributed by atoms with Gasteiger partial charge in [0.25, 0.3) is 5.60 Å². The summed E-state index contributed by atoms with van der Waals surface area (Å²) < 4.78 is 43.9. The number of hydrogen-bond acceptors (Lipinski definition) is 3. The van der Waals surface area contributed by atoms with Crippen molar-refractivity contribution < 1.29 is 32.6 Å². The van der Waals surface area contributed by atoms with Gasteiger partial charge >= 0.3 is 17.9 Å². The number of esters is 1. The maximum Gasteiger partial charge on any atom is 0.433 e. The van der Waals surface area contributed by atoms with Gasteiger partial charge in [0.05, 0.1) is 6.61 Å². The fraction of sp³-hybridized carbons (Fsp3) is 0.333. The number of benzene rings is 1. The van der Waals surface area contributed by atoms with Gasteiger partial charge in [-0.1, -0.05) is 30.3 Å². The Morgan fingerprint density at radius 2 is 1.90 bits per heavy atom. The molecule has 0 fully saturated rings. The molecular weight excluding hydrogens is 277 g/mol. The van der Waals surface area contributed by atoms with Gasteiger partial charge in [-0.05, 0) is 6.92 Å². The number of carbonyl (C=O) groups excluding carboxylic acids is 1. The summed E-state index contributed by atoms with van der Waals surface area (Å²) >= 11 is 0. The molecule has 0 saturated carbocycles. The van der Waals surface area contributed by atoms with E-state index in [0.717, 1.165) is 12.1 Å². The summed E-state index contributed by atoms with van der Waals surface area (Å²) in [5.74, 6) is -1.56. The van der Waals surface area contributed by atoms with Crippen LogP contribution in [0.5, 0.6) is 0 Å². The minimum Gasteiger partial charge on any atom is -0.457 e. The number of halogens is 3. The largest absolute Gasteiger partial charge is 0.457 e. The summed E-state index contributed by atoms with van der Waals surface area (Å²) in [6, 6.07) is 5.83. The van der Waals surface area contributed by atoms with Crippen molar-refractivity contribution in [1.29, 1.82) is 0 Å². The lowest BCUT2D eigenvalue weighted by Gasteiger charge is -2.25. The fourth-order valence-corrected chi connectivity index (χ4v) is 1.57. The summed E-state index contributed by atoms with van der Waals surface area (Å²) in [4.78, 5) is 13.8. The molecule has 1 atom stereocenters. The van der Waals surface area contributed by atoms with Crippen molar-refractivity contribution in [3.63, 3.8) is 0 Å². The third-order valence-corrected chi connectivity index (χ3v) is 2.51. The quantitative estimate of drug-likeness (QED) is 0.396. The van der Waals surface area contributed by atoms with Crippen LogP contribution in [0.1, 0.15) is 12.5 Å². The summed E-state index contributed by atoms with van der Waals surface area (Å²) in [6.07, 6.45) is -5.28. The van der Waals surface area contributed by atoms with E-state index in [1.54, 1.807) is 0 Å². The molecule has 1 aromatic carbocycles. The molecular formula is C12H11F3N2O3. The molecule has 0 spiro atoms. The number of carbonyl (C=O) groups is 1.